The van der Waals surface area contributed by atoms with Crippen LogP contribution in [0.5, 0.6) is 0 Å². The lowest BCUT2D eigenvalue weighted by molar-refractivity contribution is -0.385. The highest BCUT2D eigenvalue weighted by Crippen LogP contribution is 2.16. The minimum absolute atomic E-state index is 0.112. The van der Waals surface area contributed by atoms with Crippen molar-refractivity contribution in [2.75, 3.05) is 0 Å². The maximum Gasteiger partial charge on any atom is 0.278 e. The summed E-state index contributed by atoms with van der Waals surface area (Å²) >= 11 is 0. The molecule has 0 aromatic heterocycles. The highest BCUT2D eigenvalue weighted by molar-refractivity contribution is 5.87. The van der Waals surface area contributed by atoms with Crippen molar-refractivity contribution in [2.24, 2.45) is 10.2 Å². The molecular weight excluding hydrogens is 420 g/mol. The zero-order valence-electron chi connectivity index (χ0n) is 16.8. The second-order valence-corrected chi connectivity index (χ2v) is 6.43. The normalized spacial score (nSPS) is 10.9. The van der Waals surface area contributed by atoms with Gasteiger partial charge in [0.05, 0.1) is 33.4 Å². The van der Waals surface area contributed by atoms with Gasteiger partial charge in [-0.2, -0.15) is 10.2 Å². The molecule has 0 aliphatic carbocycles. The van der Waals surface area contributed by atoms with Crippen LogP contribution in [0.4, 0.5) is 11.4 Å². The molecule has 2 N–H and O–H groups in total. The number of hydrogen-bond acceptors (Lipinski definition) is 8. The van der Waals surface area contributed by atoms with Gasteiger partial charge in [-0.15, -0.1) is 0 Å². The summed E-state index contributed by atoms with van der Waals surface area (Å²) in [6.45, 7) is 0. The number of nitrogens with one attached hydrogen (secondary N) is 2. The summed E-state index contributed by atoms with van der Waals surface area (Å²) in [5.41, 5.74) is 4.83. The van der Waals surface area contributed by atoms with Gasteiger partial charge in [0.2, 0.25) is 11.8 Å². The van der Waals surface area contributed by atoms with Crippen LogP contribution >= 0.6 is 0 Å². The van der Waals surface area contributed by atoms with E-state index in [2.05, 4.69) is 21.1 Å². The lowest BCUT2D eigenvalue weighted by Gasteiger charge is -2.01. The second-order valence-electron chi connectivity index (χ2n) is 6.43. The van der Waals surface area contributed by atoms with Crippen LogP contribution in [0.15, 0.2) is 58.7 Å². The highest BCUT2D eigenvalue weighted by atomic mass is 16.6. The van der Waals surface area contributed by atoms with Gasteiger partial charge in [-0.3, -0.25) is 29.8 Å². The van der Waals surface area contributed by atoms with E-state index >= 15 is 0 Å². The topological polar surface area (TPSA) is 169 Å². The van der Waals surface area contributed by atoms with Crippen LogP contribution in [0.25, 0.3) is 0 Å². The van der Waals surface area contributed by atoms with Crippen molar-refractivity contribution >= 4 is 35.6 Å². The number of carbonyl (C=O) groups excluding carboxylic acids is 2. The van der Waals surface area contributed by atoms with Crippen molar-refractivity contribution < 1.29 is 19.4 Å². The molecule has 0 atom stereocenters. The Morgan fingerprint density at radius 3 is 1.50 bits per heavy atom. The third kappa shape index (κ3) is 7.74. The third-order valence-corrected chi connectivity index (χ3v) is 4.11. The molecule has 2 rings (SSSR count). The maximum absolute atomic E-state index is 11.8. The SMILES string of the molecule is O=C(CCCCC(=O)N/N=C/c1ccccc1[N+](=O)[O-])N/N=C/c1ccccc1[N+](=O)[O-]. The Bertz CT molecular complexity index is 969. The zero-order chi connectivity index (χ0) is 23.3. The van der Waals surface area contributed by atoms with E-state index in [1.165, 1.54) is 48.8 Å². The van der Waals surface area contributed by atoms with Crippen molar-refractivity contribution in [1.29, 1.82) is 0 Å². The van der Waals surface area contributed by atoms with Crippen LogP contribution in [-0.4, -0.2) is 34.1 Å². The summed E-state index contributed by atoms with van der Waals surface area (Å²) < 4.78 is 0. The van der Waals surface area contributed by atoms with Crippen LogP contribution in [-0.2, 0) is 9.59 Å². The fourth-order valence-electron chi connectivity index (χ4n) is 2.56. The summed E-state index contributed by atoms with van der Waals surface area (Å²) in [4.78, 5) is 44.3. The predicted octanol–water partition coefficient (Wildman–Crippen LogP) is 2.66. The summed E-state index contributed by atoms with van der Waals surface area (Å²) in [5.74, 6) is -0.788. The van der Waals surface area contributed by atoms with Crippen molar-refractivity contribution in [2.45, 2.75) is 25.7 Å². The Hall–Kier alpha value is -4.48. The van der Waals surface area contributed by atoms with Gasteiger partial charge >= 0.3 is 0 Å². The van der Waals surface area contributed by atoms with E-state index in [0.29, 0.717) is 12.8 Å². The number of hydrazone groups is 2. The Balaban J connectivity index is 1.68. The molecule has 12 heteroatoms. The maximum atomic E-state index is 11.8. The van der Waals surface area contributed by atoms with Crippen LogP contribution in [0.3, 0.4) is 0 Å². The van der Waals surface area contributed by atoms with Gasteiger partial charge in [0.15, 0.2) is 0 Å². The number of para-hydroxylation sites is 2. The first kappa shape index (κ1) is 23.8. The molecule has 2 aromatic carbocycles. The van der Waals surface area contributed by atoms with Crippen molar-refractivity contribution in [1.82, 2.24) is 10.9 Å². The lowest BCUT2D eigenvalue weighted by Crippen LogP contribution is -2.19. The first-order valence-corrected chi connectivity index (χ1v) is 9.49. The fourth-order valence-corrected chi connectivity index (χ4v) is 2.56. The minimum atomic E-state index is -0.542. The molecule has 0 heterocycles. The Kier molecular flexibility index (Phi) is 9.12. The van der Waals surface area contributed by atoms with E-state index in [1.807, 2.05) is 0 Å². The molecule has 0 saturated heterocycles. The molecule has 0 fully saturated rings. The molecule has 12 nitrogen and oxygen atoms in total. The monoisotopic (exact) mass is 440 g/mol. The number of nitro benzene ring substituents is 2. The van der Waals surface area contributed by atoms with Gasteiger partial charge in [0.25, 0.3) is 11.4 Å². The third-order valence-electron chi connectivity index (χ3n) is 4.11. The minimum Gasteiger partial charge on any atom is -0.273 e. The molecular formula is C20H20N6O6. The highest BCUT2D eigenvalue weighted by Gasteiger charge is 2.11. The van der Waals surface area contributed by atoms with Gasteiger partial charge < -0.3 is 0 Å². The second kappa shape index (κ2) is 12.3. The van der Waals surface area contributed by atoms with E-state index in [4.69, 9.17) is 0 Å². The number of carbonyl (C=O) groups is 2. The average molecular weight is 440 g/mol. The van der Waals surface area contributed by atoms with Crippen molar-refractivity contribution in [3.63, 3.8) is 0 Å². The summed E-state index contributed by atoms with van der Waals surface area (Å²) in [6, 6.07) is 12.0. The molecule has 0 saturated carbocycles. The lowest BCUT2D eigenvalue weighted by atomic mass is 10.2. The quantitative estimate of drug-likeness (QED) is 0.235. The smallest absolute Gasteiger partial charge is 0.273 e. The molecule has 0 spiro atoms. The van der Waals surface area contributed by atoms with E-state index in [9.17, 15) is 29.8 Å². The van der Waals surface area contributed by atoms with Crippen molar-refractivity contribution in [3.05, 3.63) is 79.9 Å². The van der Waals surface area contributed by atoms with E-state index < -0.39 is 21.7 Å². The first-order chi connectivity index (χ1) is 15.4. The van der Waals surface area contributed by atoms with E-state index in [-0.39, 0.29) is 35.3 Å². The number of nitro groups is 2. The summed E-state index contributed by atoms with van der Waals surface area (Å²) in [7, 11) is 0. The predicted molar refractivity (Wildman–Crippen MR) is 116 cm³/mol. The largest absolute Gasteiger partial charge is 0.278 e. The van der Waals surface area contributed by atoms with Gasteiger partial charge in [0.1, 0.15) is 0 Å². The number of rotatable bonds is 11. The molecule has 2 aromatic rings. The van der Waals surface area contributed by atoms with Crippen LogP contribution in [0.2, 0.25) is 0 Å². The van der Waals surface area contributed by atoms with Gasteiger partial charge in [-0.05, 0) is 25.0 Å². The number of amides is 2. The Morgan fingerprint density at radius 2 is 1.12 bits per heavy atom. The number of hydrogen-bond donors (Lipinski definition) is 2. The number of benzene rings is 2. The average Bonchev–Trinajstić information content (AvgIpc) is 2.77. The van der Waals surface area contributed by atoms with Crippen LogP contribution < -0.4 is 10.9 Å². The number of nitrogens with zero attached hydrogens (tertiary/aromatic N) is 4. The van der Waals surface area contributed by atoms with Crippen molar-refractivity contribution in [3.8, 4) is 0 Å². The van der Waals surface area contributed by atoms with E-state index in [1.54, 1.807) is 12.1 Å². The first-order valence-electron chi connectivity index (χ1n) is 9.49. The number of unbranched alkanes of at least 4 members (excludes halogenated alkanes) is 1. The summed E-state index contributed by atoms with van der Waals surface area (Å²) in [5, 5.41) is 29.3. The molecule has 2 amide bonds. The van der Waals surface area contributed by atoms with E-state index in [0.717, 1.165) is 0 Å². The molecule has 166 valence electrons. The van der Waals surface area contributed by atoms with Crippen LogP contribution in [0, 0.1) is 20.2 Å². The van der Waals surface area contributed by atoms with Gasteiger partial charge in [0, 0.05) is 25.0 Å². The molecule has 0 aliphatic rings. The van der Waals surface area contributed by atoms with Gasteiger partial charge in [-0.25, -0.2) is 10.9 Å². The fraction of sp³-hybridized carbons (Fsp3) is 0.200. The molecule has 0 radical (unpaired) electrons. The molecule has 0 aliphatic heterocycles. The summed E-state index contributed by atoms with van der Waals surface area (Å²) in [6.07, 6.45) is 3.43. The standard InChI is InChI=1S/C20H20N6O6/c27-19(23-21-13-15-7-1-3-9-17(15)25(29)30)11-5-6-12-20(28)24-22-14-16-8-2-4-10-18(16)26(31)32/h1-4,7-10,13-14H,5-6,11-12H2,(H,23,27)(H,24,28)/b21-13+,22-14+. The zero-order valence-corrected chi connectivity index (χ0v) is 16.8. The Morgan fingerprint density at radius 1 is 0.750 bits per heavy atom. The molecule has 0 bridgehead atoms. The van der Waals surface area contributed by atoms with Crippen LogP contribution in [0.1, 0.15) is 36.8 Å². The Labute approximate surface area is 182 Å². The molecule has 32 heavy (non-hydrogen) atoms. The molecule has 0 unspecified atom stereocenters. The van der Waals surface area contributed by atoms with Gasteiger partial charge in [-0.1, -0.05) is 24.3 Å².